The van der Waals surface area contributed by atoms with Gasteiger partial charge in [0.25, 0.3) is 5.91 Å². The maximum Gasteiger partial charge on any atom is 0.252 e. The van der Waals surface area contributed by atoms with Crippen LogP contribution in [0.5, 0.6) is 0 Å². The van der Waals surface area contributed by atoms with E-state index in [1.54, 1.807) is 7.05 Å². The van der Waals surface area contributed by atoms with E-state index in [9.17, 15) is 4.79 Å². The first-order valence-corrected chi connectivity index (χ1v) is 4.72. The molecule has 0 radical (unpaired) electrons. The zero-order valence-corrected chi connectivity index (χ0v) is 7.76. The molecule has 0 spiro atoms. The van der Waals surface area contributed by atoms with Gasteiger partial charge in [-0.05, 0) is 24.8 Å². The molecule has 13 heavy (non-hydrogen) atoms. The van der Waals surface area contributed by atoms with Gasteiger partial charge in [-0.3, -0.25) is 4.79 Å². The molecular weight excluding hydrogens is 164 g/mol. The Morgan fingerprint density at radius 2 is 2.38 bits per heavy atom. The lowest BCUT2D eigenvalue weighted by Crippen LogP contribution is -2.21. The molecular formula is C10H14N2O. The number of carbonyl (C=O) groups excluding carboxylic acids is 1. The molecule has 2 N–H and O–H groups in total. The molecule has 0 unspecified atom stereocenters. The zero-order chi connectivity index (χ0) is 9.26. The van der Waals surface area contributed by atoms with Crippen molar-refractivity contribution in [3.8, 4) is 0 Å². The lowest BCUT2D eigenvalue weighted by Gasteiger charge is -2.25. The van der Waals surface area contributed by atoms with Crippen LogP contribution in [0.1, 0.15) is 41.2 Å². The second kappa shape index (κ2) is 3.24. The Morgan fingerprint density at radius 3 is 2.92 bits per heavy atom. The van der Waals surface area contributed by atoms with Crippen LogP contribution in [0.2, 0.25) is 0 Å². The van der Waals surface area contributed by atoms with Gasteiger partial charge in [0.2, 0.25) is 0 Å². The van der Waals surface area contributed by atoms with Crippen LogP contribution in [0.25, 0.3) is 0 Å². The molecule has 1 aromatic rings. The fourth-order valence-corrected chi connectivity index (χ4v) is 1.75. The maximum atomic E-state index is 11.4. The first-order valence-electron chi connectivity index (χ1n) is 4.72. The molecule has 0 atom stereocenters. The normalized spacial score (nSPS) is 16.7. The van der Waals surface area contributed by atoms with Crippen molar-refractivity contribution in [1.82, 2.24) is 10.3 Å². The van der Waals surface area contributed by atoms with Gasteiger partial charge in [-0.15, -0.1) is 0 Å². The summed E-state index contributed by atoms with van der Waals surface area (Å²) in [5.41, 5.74) is 1.93. The summed E-state index contributed by atoms with van der Waals surface area (Å²) in [5.74, 6) is 0.602. The Hall–Kier alpha value is -1.25. The molecule has 1 aliphatic carbocycles. The van der Waals surface area contributed by atoms with Gasteiger partial charge >= 0.3 is 0 Å². The van der Waals surface area contributed by atoms with E-state index in [0.717, 1.165) is 11.3 Å². The first-order chi connectivity index (χ1) is 6.33. The number of amides is 1. The van der Waals surface area contributed by atoms with E-state index in [0.29, 0.717) is 5.92 Å². The molecule has 3 nitrogen and oxygen atoms in total. The monoisotopic (exact) mass is 178 g/mol. The van der Waals surface area contributed by atoms with Crippen molar-refractivity contribution in [1.29, 1.82) is 0 Å². The molecule has 1 saturated carbocycles. The van der Waals surface area contributed by atoms with Crippen LogP contribution in [0.3, 0.4) is 0 Å². The number of rotatable bonds is 2. The quantitative estimate of drug-likeness (QED) is 0.710. The van der Waals surface area contributed by atoms with Gasteiger partial charge < -0.3 is 10.3 Å². The van der Waals surface area contributed by atoms with E-state index >= 15 is 0 Å². The number of carbonyl (C=O) groups is 1. The minimum Gasteiger partial charge on any atom is -0.364 e. The van der Waals surface area contributed by atoms with E-state index in [4.69, 9.17) is 0 Å². The van der Waals surface area contributed by atoms with Gasteiger partial charge in [-0.2, -0.15) is 0 Å². The number of nitrogens with one attached hydrogen (secondary N) is 2. The third-order valence-corrected chi connectivity index (χ3v) is 2.76. The summed E-state index contributed by atoms with van der Waals surface area (Å²) >= 11 is 0. The summed E-state index contributed by atoms with van der Waals surface area (Å²) in [6.07, 6.45) is 5.56. The number of aromatic nitrogens is 1. The lowest BCUT2D eigenvalue weighted by atomic mass is 9.81. The summed E-state index contributed by atoms with van der Waals surface area (Å²) < 4.78 is 0. The molecule has 0 aliphatic heterocycles. The van der Waals surface area contributed by atoms with Gasteiger partial charge in [0.05, 0.1) is 5.56 Å². The van der Waals surface area contributed by atoms with E-state index in [1.807, 2.05) is 12.3 Å². The molecule has 70 valence electrons. The molecule has 1 aromatic heterocycles. The predicted octanol–water partition coefficient (Wildman–Crippen LogP) is 1.64. The van der Waals surface area contributed by atoms with Crippen molar-refractivity contribution in [2.45, 2.75) is 25.2 Å². The SMILES string of the molecule is CNC(=O)c1cc[nH]c1C1CCC1. The fraction of sp³-hybridized carbons (Fsp3) is 0.500. The van der Waals surface area contributed by atoms with Gasteiger partial charge in [-0.1, -0.05) is 6.42 Å². The minimum absolute atomic E-state index is 0.0168. The highest BCUT2D eigenvalue weighted by Crippen LogP contribution is 2.36. The second-order valence-corrected chi connectivity index (χ2v) is 3.51. The number of hydrogen-bond acceptors (Lipinski definition) is 1. The number of aromatic amines is 1. The Balaban J connectivity index is 2.24. The molecule has 2 rings (SSSR count). The van der Waals surface area contributed by atoms with Crippen molar-refractivity contribution in [2.75, 3.05) is 7.05 Å². The van der Waals surface area contributed by atoms with Crippen molar-refractivity contribution in [3.63, 3.8) is 0 Å². The van der Waals surface area contributed by atoms with E-state index < -0.39 is 0 Å². The fourth-order valence-electron chi connectivity index (χ4n) is 1.75. The van der Waals surface area contributed by atoms with Crippen molar-refractivity contribution in [2.24, 2.45) is 0 Å². The van der Waals surface area contributed by atoms with Crippen LogP contribution >= 0.6 is 0 Å². The third-order valence-electron chi connectivity index (χ3n) is 2.76. The molecule has 0 aromatic carbocycles. The highest BCUT2D eigenvalue weighted by molar-refractivity contribution is 5.95. The summed E-state index contributed by atoms with van der Waals surface area (Å²) in [4.78, 5) is 14.6. The van der Waals surface area contributed by atoms with Crippen LogP contribution in [-0.2, 0) is 0 Å². The molecule has 1 fully saturated rings. The largest absolute Gasteiger partial charge is 0.364 e. The smallest absolute Gasteiger partial charge is 0.252 e. The zero-order valence-electron chi connectivity index (χ0n) is 7.76. The molecule has 1 heterocycles. The Bertz CT molecular complexity index is 312. The van der Waals surface area contributed by atoms with Crippen LogP contribution in [0.4, 0.5) is 0 Å². The summed E-state index contributed by atoms with van der Waals surface area (Å²) in [7, 11) is 1.67. The Morgan fingerprint density at radius 1 is 1.62 bits per heavy atom. The van der Waals surface area contributed by atoms with Crippen LogP contribution in [0.15, 0.2) is 12.3 Å². The van der Waals surface area contributed by atoms with Gasteiger partial charge in [0.1, 0.15) is 0 Å². The molecule has 1 aliphatic rings. The van der Waals surface area contributed by atoms with Crippen molar-refractivity contribution >= 4 is 5.91 Å². The standard InChI is InChI=1S/C10H14N2O/c1-11-10(13)8-5-6-12-9(8)7-3-2-4-7/h5-7,12H,2-4H2,1H3,(H,11,13). The van der Waals surface area contributed by atoms with E-state index in [-0.39, 0.29) is 5.91 Å². The number of H-pyrrole nitrogens is 1. The van der Waals surface area contributed by atoms with Gasteiger partial charge in [-0.25, -0.2) is 0 Å². The average Bonchev–Trinajstić information content (AvgIpc) is 2.49. The molecule has 0 bridgehead atoms. The minimum atomic E-state index is 0.0168. The van der Waals surface area contributed by atoms with Crippen molar-refractivity contribution < 1.29 is 4.79 Å². The summed E-state index contributed by atoms with van der Waals surface area (Å²) in [6, 6.07) is 1.85. The predicted molar refractivity (Wildman–Crippen MR) is 50.8 cm³/mol. The number of hydrogen-bond donors (Lipinski definition) is 2. The summed E-state index contributed by atoms with van der Waals surface area (Å²) in [5, 5.41) is 2.65. The average molecular weight is 178 g/mol. The van der Waals surface area contributed by atoms with E-state index in [2.05, 4.69) is 10.3 Å². The van der Waals surface area contributed by atoms with Gasteiger partial charge in [0.15, 0.2) is 0 Å². The van der Waals surface area contributed by atoms with Crippen LogP contribution in [-0.4, -0.2) is 17.9 Å². The molecule has 1 amide bonds. The maximum absolute atomic E-state index is 11.4. The topological polar surface area (TPSA) is 44.9 Å². The van der Waals surface area contributed by atoms with Crippen molar-refractivity contribution in [3.05, 3.63) is 23.5 Å². The highest BCUT2D eigenvalue weighted by Gasteiger charge is 2.24. The molecule has 0 saturated heterocycles. The van der Waals surface area contributed by atoms with E-state index in [1.165, 1.54) is 19.3 Å². The first kappa shape index (κ1) is 8.35. The van der Waals surface area contributed by atoms with Gasteiger partial charge in [0, 0.05) is 18.9 Å². The van der Waals surface area contributed by atoms with Crippen LogP contribution in [0, 0.1) is 0 Å². The van der Waals surface area contributed by atoms with Crippen LogP contribution < -0.4 is 5.32 Å². The lowest BCUT2D eigenvalue weighted by molar-refractivity contribution is 0.0961. The summed E-state index contributed by atoms with van der Waals surface area (Å²) in [6.45, 7) is 0. The Kier molecular flexibility index (Phi) is 2.08. The molecule has 3 heteroatoms. The Labute approximate surface area is 77.5 Å². The third kappa shape index (κ3) is 1.34. The second-order valence-electron chi connectivity index (χ2n) is 3.51. The highest BCUT2D eigenvalue weighted by atomic mass is 16.1.